The van der Waals surface area contributed by atoms with Crippen LogP contribution in [0, 0.1) is 5.92 Å². The lowest BCUT2D eigenvalue weighted by atomic mass is 10.2. The van der Waals surface area contributed by atoms with Gasteiger partial charge in [-0.1, -0.05) is 45.0 Å². The molecule has 0 saturated carbocycles. The molecule has 2 heteroatoms. The normalized spacial score (nSPS) is 10.5. The molecular formula is C17H18OS. The van der Waals surface area contributed by atoms with E-state index in [2.05, 4.69) is 20.8 Å². The summed E-state index contributed by atoms with van der Waals surface area (Å²) in [5, 5.41) is 1.64. The molecule has 0 bridgehead atoms. The van der Waals surface area contributed by atoms with Crippen LogP contribution in [0.5, 0.6) is 0 Å². The van der Waals surface area contributed by atoms with Gasteiger partial charge in [0.25, 0.3) is 0 Å². The summed E-state index contributed by atoms with van der Waals surface area (Å²) in [6.45, 7) is 6.50. The minimum atomic E-state index is 0.139. The summed E-state index contributed by atoms with van der Waals surface area (Å²) >= 11 is 1.67. The first-order valence-electron chi connectivity index (χ1n) is 6.50. The maximum atomic E-state index is 12.1. The molecule has 3 rings (SSSR count). The third-order valence-corrected chi connectivity index (χ3v) is 3.64. The molecule has 0 fully saturated rings. The molecule has 0 atom stereocenters. The molecule has 19 heavy (non-hydrogen) atoms. The summed E-state index contributed by atoms with van der Waals surface area (Å²) in [6.07, 6.45) is 0. The van der Waals surface area contributed by atoms with Gasteiger partial charge in [-0.15, -0.1) is 11.3 Å². The summed E-state index contributed by atoms with van der Waals surface area (Å²) in [5.74, 6) is 0.833. The van der Waals surface area contributed by atoms with Crippen LogP contribution < -0.4 is 5.43 Å². The fourth-order valence-corrected chi connectivity index (χ4v) is 2.82. The second-order valence-electron chi connectivity index (χ2n) is 5.16. The molecule has 0 aliphatic heterocycles. The fraction of sp³-hybridized carbons (Fsp3) is 0.235. The molecule has 0 aliphatic carbocycles. The van der Waals surface area contributed by atoms with E-state index in [1.165, 1.54) is 0 Å². The second-order valence-corrected chi connectivity index (χ2v) is 6.24. The first kappa shape index (κ1) is 13.8. The summed E-state index contributed by atoms with van der Waals surface area (Å²) < 4.78 is 2.11. The van der Waals surface area contributed by atoms with Crippen molar-refractivity contribution in [1.82, 2.24) is 0 Å². The van der Waals surface area contributed by atoms with Crippen molar-refractivity contribution < 1.29 is 0 Å². The van der Waals surface area contributed by atoms with Gasteiger partial charge in [-0.25, -0.2) is 0 Å². The van der Waals surface area contributed by atoms with Crippen molar-refractivity contribution in [3.8, 4) is 0 Å². The van der Waals surface area contributed by atoms with Crippen molar-refractivity contribution >= 4 is 31.5 Å². The Bertz CT molecular complexity index is 681. The van der Waals surface area contributed by atoms with Crippen LogP contribution in [-0.2, 0) is 0 Å². The van der Waals surface area contributed by atoms with Crippen LogP contribution >= 0.6 is 11.3 Å². The SMILES string of the molecule is CC(C)C.O=c1c2ccccc2sc2ccccc12. The smallest absolute Gasteiger partial charge is 0.195 e. The van der Waals surface area contributed by atoms with Gasteiger partial charge in [0, 0.05) is 20.2 Å². The molecule has 2 aromatic carbocycles. The van der Waals surface area contributed by atoms with E-state index in [0.717, 1.165) is 26.1 Å². The lowest BCUT2D eigenvalue weighted by Crippen LogP contribution is -1.99. The van der Waals surface area contributed by atoms with Gasteiger partial charge in [0.15, 0.2) is 5.43 Å². The van der Waals surface area contributed by atoms with Gasteiger partial charge in [0.05, 0.1) is 0 Å². The zero-order valence-electron chi connectivity index (χ0n) is 11.5. The van der Waals surface area contributed by atoms with Crippen molar-refractivity contribution in [3.05, 3.63) is 58.8 Å². The minimum absolute atomic E-state index is 0.139. The summed E-state index contributed by atoms with van der Waals surface area (Å²) in [7, 11) is 0. The molecule has 0 spiro atoms. The van der Waals surface area contributed by atoms with E-state index in [1.54, 1.807) is 11.3 Å². The Labute approximate surface area is 117 Å². The third-order valence-electron chi connectivity index (χ3n) is 2.48. The van der Waals surface area contributed by atoms with Crippen LogP contribution in [0.2, 0.25) is 0 Å². The van der Waals surface area contributed by atoms with Crippen LogP contribution in [0.25, 0.3) is 20.2 Å². The maximum absolute atomic E-state index is 12.1. The number of hydrogen-bond acceptors (Lipinski definition) is 2. The van der Waals surface area contributed by atoms with E-state index < -0.39 is 0 Å². The Morgan fingerprint density at radius 1 is 0.789 bits per heavy atom. The average Bonchev–Trinajstić information content (AvgIpc) is 2.38. The van der Waals surface area contributed by atoms with Gasteiger partial charge in [-0.05, 0) is 30.2 Å². The van der Waals surface area contributed by atoms with Crippen LogP contribution in [-0.4, -0.2) is 0 Å². The molecule has 0 amide bonds. The molecule has 1 nitrogen and oxygen atoms in total. The zero-order chi connectivity index (χ0) is 13.8. The van der Waals surface area contributed by atoms with Gasteiger partial charge in [-0.2, -0.15) is 0 Å². The average molecular weight is 270 g/mol. The third kappa shape index (κ3) is 3.21. The Morgan fingerprint density at radius 3 is 1.58 bits per heavy atom. The first-order valence-corrected chi connectivity index (χ1v) is 7.32. The Kier molecular flexibility index (Phi) is 4.33. The monoisotopic (exact) mass is 270 g/mol. The van der Waals surface area contributed by atoms with Gasteiger partial charge in [0.2, 0.25) is 0 Å². The lowest BCUT2D eigenvalue weighted by Gasteiger charge is -1.99. The highest BCUT2D eigenvalue weighted by Gasteiger charge is 2.03. The van der Waals surface area contributed by atoms with Gasteiger partial charge in [-0.3, -0.25) is 4.79 Å². The van der Waals surface area contributed by atoms with E-state index in [4.69, 9.17) is 0 Å². The van der Waals surface area contributed by atoms with Gasteiger partial charge >= 0.3 is 0 Å². The van der Waals surface area contributed by atoms with E-state index in [0.29, 0.717) is 0 Å². The van der Waals surface area contributed by atoms with Crippen LogP contribution in [0.3, 0.4) is 0 Å². The second kappa shape index (κ2) is 5.98. The van der Waals surface area contributed by atoms with Crippen molar-refractivity contribution in [3.63, 3.8) is 0 Å². The van der Waals surface area contributed by atoms with Crippen molar-refractivity contribution in [2.45, 2.75) is 20.8 Å². The van der Waals surface area contributed by atoms with E-state index in [1.807, 2.05) is 48.5 Å². The maximum Gasteiger partial charge on any atom is 0.195 e. The first-order chi connectivity index (χ1) is 9.09. The molecule has 1 aromatic heterocycles. The predicted molar refractivity (Wildman–Crippen MR) is 86.1 cm³/mol. The Balaban J connectivity index is 0.000000297. The molecule has 0 unspecified atom stereocenters. The lowest BCUT2D eigenvalue weighted by molar-refractivity contribution is 0.737. The highest BCUT2D eigenvalue weighted by Crippen LogP contribution is 2.23. The highest BCUT2D eigenvalue weighted by atomic mass is 32.1. The van der Waals surface area contributed by atoms with Gasteiger partial charge in [0.1, 0.15) is 0 Å². The largest absolute Gasteiger partial charge is 0.289 e. The molecule has 0 N–H and O–H groups in total. The molecule has 98 valence electrons. The van der Waals surface area contributed by atoms with E-state index >= 15 is 0 Å². The molecular weight excluding hydrogens is 252 g/mol. The van der Waals surface area contributed by atoms with Crippen molar-refractivity contribution in [2.75, 3.05) is 0 Å². The molecule has 0 radical (unpaired) electrons. The van der Waals surface area contributed by atoms with Crippen LogP contribution in [0.4, 0.5) is 0 Å². The molecule has 0 aliphatic rings. The topological polar surface area (TPSA) is 17.1 Å². The predicted octanol–water partition coefficient (Wildman–Crippen LogP) is 5.08. The quantitative estimate of drug-likeness (QED) is 0.521. The Morgan fingerprint density at radius 2 is 1.16 bits per heavy atom. The zero-order valence-corrected chi connectivity index (χ0v) is 12.3. The molecule has 1 heterocycles. The number of benzene rings is 2. The summed E-state index contributed by atoms with van der Waals surface area (Å²) in [4.78, 5) is 12.1. The van der Waals surface area contributed by atoms with Gasteiger partial charge < -0.3 is 0 Å². The summed E-state index contributed by atoms with van der Waals surface area (Å²) in [6, 6.07) is 15.5. The van der Waals surface area contributed by atoms with Crippen LogP contribution in [0.1, 0.15) is 20.8 Å². The van der Waals surface area contributed by atoms with E-state index in [-0.39, 0.29) is 5.43 Å². The number of hydrogen-bond donors (Lipinski definition) is 0. The van der Waals surface area contributed by atoms with E-state index in [9.17, 15) is 4.79 Å². The van der Waals surface area contributed by atoms with Crippen LogP contribution in [0.15, 0.2) is 53.3 Å². The minimum Gasteiger partial charge on any atom is -0.289 e. The fourth-order valence-electron chi connectivity index (χ4n) is 1.75. The molecule has 3 aromatic rings. The number of rotatable bonds is 0. The molecule has 0 saturated heterocycles. The Hall–Kier alpha value is -1.67. The standard InChI is InChI=1S/C13H8OS.C4H10/c14-13-9-5-1-3-7-11(9)15-12-8-4-2-6-10(12)13;1-4(2)3/h1-8H;4H,1-3H3. The highest BCUT2D eigenvalue weighted by molar-refractivity contribution is 7.24. The van der Waals surface area contributed by atoms with Crippen molar-refractivity contribution in [2.24, 2.45) is 5.92 Å². The summed E-state index contributed by atoms with van der Waals surface area (Å²) in [5.41, 5.74) is 0.139. The number of fused-ring (bicyclic) bond motifs is 2. The van der Waals surface area contributed by atoms with Crippen molar-refractivity contribution in [1.29, 1.82) is 0 Å².